The molecule has 1 aromatic carbocycles. The number of aliphatic imine (C=N–C) groups is 1. The summed E-state index contributed by atoms with van der Waals surface area (Å²) in [5.74, 6) is 0.892. The van der Waals surface area contributed by atoms with Crippen LogP contribution in [0.15, 0.2) is 54.0 Å². The Labute approximate surface area is 144 Å². The molecule has 5 nitrogen and oxygen atoms in total. The van der Waals surface area contributed by atoms with Crippen molar-refractivity contribution in [3.8, 4) is 0 Å². The third-order valence-electron chi connectivity index (χ3n) is 4.96. The average molecular weight is 325 g/mol. The van der Waals surface area contributed by atoms with Gasteiger partial charge in [-0.1, -0.05) is 36.8 Å². The number of nitrogens with zero attached hydrogens (tertiary/aromatic N) is 3. The van der Waals surface area contributed by atoms with E-state index in [1.807, 2.05) is 25.8 Å². The zero-order valence-electron chi connectivity index (χ0n) is 14.4. The van der Waals surface area contributed by atoms with Crippen LogP contribution in [-0.4, -0.2) is 35.6 Å². The predicted molar refractivity (Wildman–Crippen MR) is 98.2 cm³/mol. The highest BCUT2D eigenvalue weighted by Crippen LogP contribution is 2.43. The molecule has 1 saturated carbocycles. The van der Waals surface area contributed by atoms with Crippen molar-refractivity contribution in [3.05, 3.63) is 54.6 Å². The Balaban J connectivity index is 1.45. The van der Waals surface area contributed by atoms with Crippen molar-refractivity contribution < 1.29 is 0 Å². The summed E-state index contributed by atoms with van der Waals surface area (Å²) in [4.78, 5) is 8.41. The summed E-state index contributed by atoms with van der Waals surface area (Å²) in [6.45, 7) is 2.81. The van der Waals surface area contributed by atoms with Gasteiger partial charge in [-0.25, -0.2) is 4.98 Å². The van der Waals surface area contributed by atoms with Crippen LogP contribution in [0.5, 0.6) is 0 Å². The summed E-state index contributed by atoms with van der Waals surface area (Å²) in [5, 5.41) is 6.93. The highest BCUT2D eigenvalue weighted by atomic mass is 15.2. The second-order valence-corrected chi connectivity index (χ2v) is 6.51. The van der Waals surface area contributed by atoms with Gasteiger partial charge in [0.05, 0.1) is 6.33 Å². The number of rotatable bonds is 7. The molecule has 0 radical (unpaired) electrons. The van der Waals surface area contributed by atoms with Gasteiger partial charge in [-0.15, -0.1) is 0 Å². The fourth-order valence-corrected chi connectivity index (χ4v) is 3.32. The number of imidazole rings is 1. The first-order valence-electron chi connectivity index (χ1n) is 8.78. The number of aryl methyl sites for hydroxylation is 1. The lowest BCUT2D eigenvalue weighted by molar-refractivity contribution is 0.244. The Morgan fingerprint density at radius 3 is 2.71 bits per heavy atom. The van der Waals surface area contributed by atoms with E-state index in [2.05, 4.69) is 55.5 Å². The standard InChI is InChI=1S/C19H27N5/c1-20-18(22-11-6-13-24-14-12-21-16-24)23-15-19(9-5-10-19)17-7-3-2-4-8-17/h2-4,7-8,12,14,16H,5-6,9-11,13,15H2,1H3,(H2,20,22,23). The first-order chi connectivity index (χ1) is 11.8. The van der Waals surface area contributed by atoms with Gasteiger partial charge in [0.1, 0.15) is 0 Å². The zero-order valence-corrected chi connectivity index (χ0v) is 14.4. The smallest absolute Gasteiger partial charge is 0.191 e. The topological polar surface area (TPSA) is 54.2 Å². The van der Waals surface area contributed by atoms with E-state index in [1.54, 1.807) is 0 Å². The molecule has 1 fully saturated rings. The molecule has 5 heteroatoms. The Morgan fingerprint density at radius 1 is 1.25 bits per heavy atom. The highest BCUT2D eigenvalue weighted by molar-refractivity contribution is 5.79. The van der Waals surface area contributed by atoms with Crippen molar-refractivity contribution in [2.45, 2.75) is 37.6 Å². The molecule has 0 amide bonds. The molecular formula is C19H27N5. The number of benzene rings is 1. The maximum Gasteiger partial charge on any atom is 0.191 e. The van der Waals surface area contributed by atoms with Crippen molar-refractivity contribution in [1.82, 2.24) is 20.2 Å². The van der Waals surface area contributed by atoms with Gasteiger partial charge in [0.25, 0.3) is 0 Å². The summed E-state index contributed by atoms with van der Waals surface area (Å²) in [6, 6.07) is 10.9. The van der Waals surface area contributed by atoms with E-state index in [9.17, 15) is 0 Å². The molecule has 2 N–H and O–H groups in total. The van der Waals surface area contributed by atoms with Gasteiger partial charge < -0.3 is 15.2 Å². The van der Waals surface area contributed by atoms with Crippen LogP contribution in [0.1, 0.15) is 31.2 Å². The Kier molecular flexibility index (Phi) is 5.51. The SMILES string of the molecule is CN=C(NCCCn1ccnc1)NCC1(c2ccccc2)CCC1. The fourth-order valence-electron chi connectivity index (χ4n) is 3.32. The van der Waals surface area contributed by atoms with E-state index in [1.165, 1.54) is 24.8 Å². The van der Waals surface area contributed by atoms with Crippen LogP contribution in [0.4, 0.5) is 0 Å². The first kappa shape index (κ1) is 16.6. The number of hydrogen-bond acceptors (Lipinski definition) is 2. The molecule has 2 aromatic rings. The van der Waals surface area contributed by atoms with Crippen LogP contribution in [0.25, 0.3) is 0 Å². The number of hydrogen-bond donors (Lipinski definition) is 2. The molecule has 0 spiro atoms. The third-order valence-corrected chi connectivity index (χ3v) is 4.96. The largest absolute Gasteiger partial charge is 0.356 e. The monoisotopic (exact) mass is 325 g/mol. The molecule has 0 atom stereocenters. The van der Waals surface area contributed by atoms with Gasteiger partial charge in [0.2, 0.25) is 0 Å². The lowest BCUT2D eigenvalue weighted by Crippen LogP contribution is -2.49. The normalized spacial score (nSPS) is 16.5. The maximum atomic E-state index is 4.35. The van der Waals surface area contributed by atoms with Crippen LogP contribution >= 0.6 is 0 Å². The lowest BCUT2D eigenvalue weighted by atomic mass is 9.64. The molecule has 0 bridgehead atoms. The Bertz CT molecular complexity index is 629. The molecule has 0 aliphatic heterocycles. The molecule has 128 valence electrons. The Hall–Kier alpha value is -2.30. The first-order valence-corrected chi connectivity index (χ1v) is 8.78. The number of aromatic nitrogens is 2. The van der Waals surface area contributed by atoms with E-state index >= 15 is 0 Å². The van der Waals surface area contributed by atoms with E-state index in [0.717, 1.165) is 32.0 Å². The zero-order chi connectivity index (χ0) is 16.7. The van der Waals surface area contributed by atoms with Crippen LogP contribution in [0.3, 0.4) is 0 Å². The molecule has 1 heterocycles. The van der Waals surface area contributed by atoms with Gasteiger partial charge >= 0.3 is 0 Å². The van der Waals surface area contributed by atoms with Gasteiger partial charge in [-0.05, 0) is 24.8 Å². The molecule has 1 aliphatic rings. The minimum atomic E-state index is 0.274. The van der Waals surface area contributed by atoms with Gasteiger partial charge in [0, 0.05) is 44.5 Å². The van der Waals surface area contributed by atoms with Crippen LogP contribution < -0.4 is 10.6 Å². The van der Waals surface area contributed by atoms with Gasteiger partial charge in [-0.3, -0.25) is 4.99 Å². The predicted octanol–water partition coefficient (Wildman–Crippen LogP) is 2.56. The van der Waals surface area contributed by atoms with E-state index < -0.39 is 0 Å². The quantitative estimate of drug-likeness (QED) is 0.467. The van der Waals surface area contributed by atoms with Crippen molar-refractivity contribution in [2.75, 3.05) is 20.1 Å². The van der Waals surface area contributed by atoms with E-state index in [0.29, 0.717) is 0 Å². The van der Waals surface area contributed by atoms with Crippen molar-refractivity contribution >= 4 is 5.96 Å². The number of guanidine groups is 1. The molecule has 1 aliphatic carbocycles. The molecular weight excluding hydrogens is 298 g/mol. The van der Waals surface area contributed by atoms with Crippen LogP contribution in [-0.2, 0) is 12.0 Å². The third kappa shape index (κ3) is 3.96. The number of nitrogens with one attached hydrogen (secondary N) is 2. The second-order valence-electron chi connectivity index (χ2n) is 6.51. The van der Waals surface area contributed by atoms with Crippen LogP contribution in [0, 0.1) is 0 Å². The van der Waals surface area contributed by atoms with Gasteiger partial charge in [-0.2, -0.15) is 0 Å². The average Bonchev–Trinajstić information content (AvgIpc) is 3.10. The fraction of sp³-hybridized carbons (Fsp3) is 0.474. The maximum absolute atomic E-state index is 4.35. The lowest BCUT2D eigenvalue weighted by Gasteiger charge is -2.43. The summed E-state index contributed by atoms with van der Waals surface area (Å²) < 4.78 is 2.09. The molecule has 0 unspecified atom stereocenters. The Morgan fingerprint density at radius 2 is 2.08 bits per heavy atom. The molecule has 0 saturated heterocycles. The summed E-state index contributed by atoms with van der Waals surface area (Å²) >= 11 is 0. The van der Waals surface area contributed by atoms with Gasteiger partial charge in [0.15, 0.2) is 5.96 Å². The van der Waals surface area contributed by atoms with Crippen LogP contribution in [0.2, 0.25) is 0 Å². The molecule has 1 aromatic heterocycles. The summed E-state index contributed by atoms with van der Waals surface area (Å²) in [5.41, 5.74) is 1.72. The minimum Gasteiger partial charge on any atom is -0.356 e. The molecule has 24 heavy (non-hydrogen) atoms. The second kappa shape index (κ2) is 7.99. The highest BCUT2D eigenvalue weighted by Gasteiger charge is 2.38. The minimum absolute atomic E-state index is 0.274. The summed E-state index contributed by atoms with van der Waals surface area (Å²) in [6.07, 6.45) is 10.5. The van der Waals surface area contributed by atoms with Crippen molar-refractivity contribution in [2.24, 2.45) is 4.99 Å². The van der Waals surface area contributed by atoms with Crippen molar-refractivity contribution in [3.63, 3.8) is 0 Å². The summed E-state index contributed by atoms with van der Waals surface area (Å²) in [7, 11) is 1.83. The van der Waals surface area contributed by atoms with E-state index in [4.69, 9.17) is 0 Å². The van der Waals surface area contributed by atoms with Crippen molar-refractivity contribution in [1.29, 1.82) is 0 Å². The molecule has 3 rings (SSSR count). The van der Waals surface area contributed by atoms with E-state index in [-0.39, 0.29) is 5.41 Å².